The first-order valence-corrected chi connectivity index (χ1v) is 9.72. The Kier molecular flexibility index (Phi) is 5.21. The second kappa shape index (κ2) is 8.10. The molecule has 2 N–H and O–H groups in total. The molecule has 2 amide bonds. The maximum Gasteiger partial charge on any atom is 0.321 e. The van der Waals surface area contributed by atoms with E-state index >= 15 is 0 Å². The van der Waals surface area contributed by atoms with Gasteiger partial charge in [-0.3, -0.25) is 5.32 Å². The number of thiazole rings is 1. The Labute approximate surface area is 167 Å². The zero-order valence-electron chi connectivity index (χ0n) is 15.3. The molecule has 0 aliphatic carbocycles. The molecule has 28 heavy (non-hydrogen) atoms. The zero-order valence-corrected chi connectivity index (χ0v) is 16.1. The van der Waals surface area contributed by atoms with E-state index in [1.807, 2.05) is 53.9 Å². The minimum Gasteiger partial charge on any atom is -0.497 e. The topological polar surface area (TPSA) is 63.2 Å². The summed E-state index contributed by atoms with van der Waals surface area (Å²) in [5.74, 6) is 0.796. The zero-order chi connectivity index (χ0) is 19.3. The van der Waals surface area contributed by atoms with Gasteiger partial charge in [-0.25, -0.2) is 9.78 Å². The van der Waals surface area contributed by atoms with Crippen molar-refractivity contribution in [1.82, 2.24) is 10.3 Å². The molecule has 140 valence electrons. The monoisotopic (exact) mass is 389 g/mol. The van der Waals surface area contributed by atoms with Gasteiger partial charge >= 0.3 is 6.03 Å². The minimum atomic E-state index is -0.274. The molecule has 1 heterocycles. The van der Waals surface area contributed by atoms with E-state index in [0.717, 1.165) is 33.3 Å². The van der Waals surface area contributed by atoms with Gasteiger partial charge in [0.1, 0.15) is 5.75 Å². The highest BCUT2D eigenvalue weighted by Gasteiger charge is 2.09. The number of anilines is 1. The molecule has 0 saturated carbocycles. The lowest BCUT2D eigenvalue weighted by Crippen LogP contribution is -2.28. The molecule has 0 atom stereocenters. The van der Waals surface area contributed by atoms with Gasteiger partial charge in [0.25, 0.3) is 0 Å². The number of nitrogens with zero attached hydrogens (tertiary/aromatic N) is 1. The Morgan fingerprint density at radius 3 is 2.64 bits per heavy atom. The van der Waals surface area contributed by atoms with Gasteiger partial charge in [-0.1, -0.05) is 42.5 Å². The molecule has 0 saturated heterocycles. The maximum absolute atomic E-state index is 12.3. The molecule has 6 heteroatoms. The number of amides is 2. The van der Waals surface area contributed by atoms with Crippen LogP contribution in [-0.4, -0.2) is 18.1 Å². The minimum absolute atomic E-state index is 0.274. The summed E-state index contributed by atoms with van der Waals surface area (Å²) in [5.41, 5.74) is 2.87. The van der Waals surface area contributed by atoms with Gasteiger partial charge in [0.2, 0.25) is 0 Å². The highest BCUT2D eigenvalue weighted by molar-refractivity contribution is 7.14. The van der Waals surface area contributed by atoms with Crippen LogP contribution in [0.3, 0.4) is 0 Å². The Balaban J connectivity index is 1.39. The first-order valence-electron chi connectivity index (χ1n) is 8.84. The molecule has 0 spiro atoms. The van der Waals surface area contributed by atoms with Crippen molar-refractivity contribution in [3.05, 3.63) is 77.7 Å². The molecule has 0 aliphatic rings. The van der Waals surface area contributed by atoms with Crippen LogP contribution in [0.4, 0.5) is 9.93 Å². The third-order valence-corrected chi connectivity index (χ3v) is 5.19. The molecule has 5 nitrogen and oxygen atoms in total. The molecule has 0 radical (unpaired) electrons. The number of aromatic nitrogens is 1. The second-order valence-electron chi connectivity index (χ2n) is 6.21. The number of hydrogen-bond acceptors (Lipinski definition) is 4. The van der Waals surface area contributed by atoms with Gasteiger partial charge in [-0.2, -0.15) is 0 Å². The molecular weight excluding hydrogens is 370 g/mol. The van der Waals surface area contributed by atoms with Crippen LogP contribution in [0.15, 0.2) is 72.1 Å². The highest BCUT2D eigenvalue weighted by Crippen LogP contribution is 2.26. The van der Waals surface area contributed by atoms with Crippen molar-refractivity contribution in [3.63, 3.8) is 0 Å². The van der Waals surface area contributed by atoms with Gasteiger partial charge in [0.05, 0.1) is 12.8 Å². The van der Waals surface area contributed by atoms with Crippen molar-refractivity contribution in [2.75, 3.05) is 12.4 Å². The number of carbonyl (C=O) groups excluding carboxylic acids is 1. The van der Waals surface area contributed by atoms with E-state index in [2.05, 4.69) is 33.8 Å². The van der Waals surface area contributed by atoms with Crippen molar-refractivity contribution in [3.8, 4) is 17.0 Å². The number of ether oxygens (including phenoxy) is 1. The van der Waals surface area contributed by atoms with E-state index in [4.69, 9.17) is 4.74 Å². The fourth-order valence-electron chi connectivity index (χ4n) is 2.99. The predicted molar refractivity (Wildman–Crippen MR) is 114 cm³/mol. The Morgan fingerprint density at radius 1 is 1.04 bits per heavy atom. The summed E-state index contributed by atoms with van der Waals surface area (Å²) < 4.78 is 5.17. The van der Waals surface area contributed by atoms with Crippen molar-refractivity contribution in [2.45, 2.75) is 6.54 Å². The van der Waals surface area contributed by atoms with Crippen LogP contribution in [-0.2, 0) is 6.54 Å². The molecule has 4 aromatic rings. The van der Waals surface area contributed by atoms with Crippen LogP contribution in [0.2, 0.25) is 0 Å². The number of carbonyl (C=O) groups is 1. The molecule has 0 fully saturated rings. The summed E-state index contributed by atoms with van der Waals surface area (Å²) >= 11 is 1.39. The van der Waals surface area contributed by atoms with Gasteiger partial charge in [0.15, 0.2) is 5.13 Å². The summed E-state index contributed by atoms with van der Waals surface area (Å²) in [6.07, 6.45) is 0. The summed E-state index contributed by atoms with van der Waals surface area (Å²) in [5, 5.41) is 10.5. The Hall–Kier alpha value is -3.38. The average Bonchev–Trinajstić information content (AvgIpc) is 3.20. The summed E-state index contributed by atoms with van der Waals surface area (Å²) in [6, 6.07) is 21.6. The molecule has 0 aliphatic heterocycles. The molecule has 3 aromatic carbocycles. The molecule has 0 bridgehead atoms. The largest absolute Gasteiger partial charge is 0.497 e. The molecule has 1 aromatic heterocycles. The third kappa shape index (κ3) is 3.97. The van der Waals surface area contributed by atoms with Crippen LogP contribution in [0.1, 0.15) is 5.56 Å². The normalized spacial score (nSPS) is 10.6. The number of fused-ring (bicyclic) bond motifs is 1. The van der Waals surface area contributed by atoms with E-state index in [9.17, 15) is 4.79 Å². The quantitative estimate of drug-likeness (QED) is 0.487. The van der Waals surface area contributed by atoms with E-state index < -0.39 is 0 Å². The number of nitrogens with one attached hydrogen (secondary N) is 2. The Morgan fingerprint density at radius 2 is 1.82 bits per heavy atom. The first kappa shape index (κ1) is 18.0. The van der Waals surface area contributed by atoms with Crippen LogP contribution >= 0.6 is 11.3 Å². The number of rotatable bonds is 5. The second-order valence-corrected chi connectivity index (χ2v) is 7.07. The lowest BCUT2D eigenvalue weighted by atomic mass is 10.0. The smallest absolute Gasteiger partial charge is 0.321 e. The number of methoxy groups -OCH3 is 1. The third-order valence-electron chi connectivity index (χ3n) is 4.43. The SMILES string of the molecule is COc1ccc(-c2csc(NC(=O)NCc3cccc4ccccc34)n2)cc1. The number of urea groups is 1. The van der Waals surface area contributed by atoms with E-state index in [1.54, 1.807) is 7.11 Å². The van der Waals surface area contributed by atoms with Crippen LogP contribution in [0.25, 0.3) is 22.0 Å². The maximum atomic E-state index is 12.3. The van der Waals surface area contributed by atoms with Crippen LogP contribution in [0.5, 0.6) is 5.75 Å². The predicted octanol–water partition coefficient (Wildman–Crippen LogP) is 5.29. The van der Waals surface area contributed by atoms with Crippen molar-refractivity contribution in [1.29, 1.82) is 0 Å². The van der Waals surface area contributed by atoms with E-state index in [0.29, 0.717) is 11.7 Å². The fraction of sp³-hybridized carbons (Fsp3) is 0.0909. The average molecular weight is 389 g/mol. The molecular formula is C22H19N3O2S. The lowest BCUT2D eigenvalue weighted by molar-refractivity contribution is 0.252. The van der Waals surface area contributed by atoms with Gasteiger partial charge in [-0.15, -0.1) is 11.3 Å². The van der Waals surface area contributed by atoms with Gasteiger partial charge in [-0.05, 0) is 40.6 Å². The summed E-state index contributed by atoms with van der Waals surface area (Å²) in [4.78, 5) is 16.8. The fourth-order valence-corrected chi connectivity index (χ4v) is 3.70. The van der Waals surface area contributed by atoms with Crippen LogP contribution in [0, 0.1) is 0 Å². The number of hydrogen-bond donors (Lipinski definition) is 2. The first-order chi connectivity index (χ1) is 13.7. The van der Waals surface area contributed by atoms with E-state index in [1.165, 1.54) is 11.3 Å². The molecule has 0 unspecified atom stereocenters. The Bertz CT molecular complexity index is 1100. The number of benzene rings is 3. The van der Waals surface area contributed by atoms with Crippen LogP contribution < -0.4 is 15.4 Å². The lowest BCUT2D eigenvalue weighted by Gasteiger charge is -2.08. The highest BCUT2D eigenvalue weighted by atomic mass is 32.1. The summed E-state index contributed by atoms with van der Waals surface area (Å²) in [7, 11) is 1.64. The van der Waals surface area contributed by atoms with Gasteiger partial charge in [0, 0.05) is 17.5 Å². The van der Waals surface area contributed by atoms with E-state index in [-0.39, 0.29) is 6.03 Å². The van der Waals surface area contributed by atoms with Gasteiger partial charge < -0.3 is 10.1 Å². The van der Waals surface area contributed by atoms with Crippen molar-refractivity contribution >= 4 is 33.3 Å². The van der Waals surface area contributed by atoms with Crippen molar-refractivity contribution < 1.29 is 9.53 Å². The molecule has 4 rings (SSSR count). The standard InChI is InChI=1S/C22H19N3O2S/c1-27-18-11-9-16(10-12-18)20-14-28-22(24-20)25-21(26)23-13-17-7-4-6-15-5-2-3-8-19(15)17/h2-12,14H,13H2,1H3,(H2,23,24,25,26). The summed E-state index contributed by atoms with van der Waals surface area (Å²) in [6.45, 7) is 0.448. The van der Waals surface area contributed by atoms with Crippen molar-refractivity contribution in [2.24, 2.45) is 0 Å².